The zero-order valence-corrected chi connectivity index (χ0v) is 11.0. The molecule has 0 radical (unpaired) electrons. The number of carbonyl (C=O) groups is 1. The van der Waals surface area contributed by atoms with Crippen molar-refractivity contribution in [2.75, 3.05) is 18.0 Å². The van der Waals surface area contributed by atoms with Crippen LogP contribution >= 0.6 is 0 Å². The number of carbonyl (C=O) groups excluding carboxylic acids is 1. The Balaban J connectivity index is 1.90. The number of aliphatic hydroxyl groups excluding tert-OH is 1. The lowest BCUT2D eigenvalue weighted by Gasteiger charge is -2.24. The standard InChI is InChI=1S/C15H20N2O2/c16-8-10-6-15(19)17(9-10)12-5-4-11-2-1-3-14(18)13(11)7-12/h4-5,7,10,14,18H,1-3,6,8-9,16H2. The van der Waals surface area contributed by atoms with Gasteiger partial charge in [0.05, 0.1) is 6.10 Å². The molecule has 1 heterocycles. The number of nitrogens with zero attached hydrogens (tertiary/aromatic N) is 1. The third-order valence-corrected chi connectivity index (χ3v) is 4.26. The van der Waals surface area contributed by atoms with Gasteiger partial charge in [-0.15, -0.1) is 0 Å². The molecular weight excluding hydrogens is 240 g/mol. The highest BCUT2D eigenvalue weighted by molar-refractivity contribution is 5.95. The summed E-state index contributed by atoms with van der Waals surface area (Å²) in [5.41, 5.74) is 8.76. The number of nitrogens with two attached hydrogens (primary N) is 1. The third-order valence-electron chi connectivity index (χ3n) is 4.26. The molecule has 2 unspecified atom stereocenters. The van der Waals surface area contributed by atoms with Crippen LogP contribution in [0.1, 0.15) is 36.5 Å². The fourth-order valence-corrected chi connectivity index (χ4v) is 3.12. The monoisotopic (exact) mass is 260 g/mol. The summed E-state index contributed by atoms with van der Waals surface area (Å²) in [6.07, 6.45) is 3.02. The molecule has 4 heteroatoms. The highest BCUT2D eigenvalue weighted by Crippen LogP contribution is 2.34. The van der Waals surface area contributed by atoms with Crippen LogP contribution in [0, 0.1) is 5.92 Å². The van der Waals surface area contributed by atoms with Gasteiger partial charge >= 0.3 is 0 Å². The number of aryl methyl sites for hydroxylation is 1. The smallest absolute Gasteiger partial charge is 0.227 e. The van der Waals surface area contributed by atoms with Crippen LogP contribution in [0.3, 0.4) is 0 Å². The van der Waals surface area contributed by atoms with Crippen molar-refractivity contribution in [1.82, 2.24) is 0 Å². The zero-order chi connectivity index (χ0) is 13.4. The van der Waals surface area contributed by atoms with Gasteiger partial charge in [0, 0.05) is 18.7 Å². The Morgan fingerprint density at radius 2 is 2.26 bits per heavy atom. The highest BCUT2D eigenvalue weighted by Gasteiger charge is 2.30. The van der Waals surface area contributed by atoms with E-state index < -0.39 is 0 Å². The van der Waals surface area contributed by atoms with Crippen LogP contribution in [0.2, 0.25) is 0 Å². The Morgan fingerprint density at radius 3 is 3.00 bits per heavy atom. The SMILES string of the molecule is NCC1CC(=O)N(c2ccc3c(c2)C(O)CCC3)C1. The Kier molecular flexibility index (Phi) is 3.29. The molecule has 1 fully saturated rings. The maximum Gasteiger partial charge on any atom is 0.227 e. The van der Waals surface area contributed by atoms with Gasteiger partial charge in [-0.05, 0) is 55.0 Å². The second-order valence-corrected chi connectivity index (χ2v) is 5.60. The second kappa shape index (κ2) is 4.94. The van der Waals surface area contributed by atoms with E-state index in [1.807, 2.05) is 12.1 Å². The first kappa shape index (κ1) is 12.6. The molecule has 2 atom stereocenters. The molecule has 1 aromatic rings. The molecule has 3 N–H and O–H groups in total. The predicted octanol–water partition coefficient (Wildman–Crippen LogP) is 1.37. The van der Waals surface area contributed by atoms with E-state index in [0.717, 1.165) is 30.5 Å². The quantitative estimate of drug-likeness (QED) is 0.844. The molecule has 1 amide bonds. The van der Waals surface area contributed by atoms with Crippen molar-refractivity contribution in [2.45, 2.75) is 31.8 Å². The molecule has 0 spiro atoms. The van der Waals surface area contributed by atoms with Gasteiger partial charge in [0.25, 0.3) is 0 Å². The minimum absolute atomic E-state index is 0.140. The third kappa shape index (κ3) is 2.26. The summed E-state index contributed by atoms with van der Waals surface area (Å²) in [4.78, 5) is 13.8. The predicted molar refractivity (Wildman–Crippen MR) is 73.9 cm³/mol. The van der Waals surface area contributed by atoms with Crippen LogP contribution in [0.5, 0.6) is 0 Å². The van der Waals surface area contributed by atoms with Gasteiger partial charge in [0.1, 0.15) is 0 Å². The van der Waals surface area contributed by atoms with Crippen molar-refractivity contribution in [2.24, 2.45) is 11.7 Å². The molecule has 0 bridgehead atoms. The van der Waals surface area contributed by atoms with Crippen molar-refractivity contribution in [3.8, 4) is 0 Å². The number of hydrogen-bond acceptors (Lipinski definition) is 3. The van der Waals surface area contributed by atoms with E-state index in [9.17, 15) is 9.90 Å². The van der Waals surface area contributed by atoms with E-state index in [2.05, 4.69) is 6.07 Å². The Bertz CT molecular complexity index is 501. The first-order valence-corrected chi connectivity index (χ1v) is 7.00. The molecule has 0 aromatic heterocycles. The molecule has 1 aliphatic heterocycles. The molecule has 1 aromatic carbocycles. The minimum atomic E-state index is -0.383. The summed E-state index contributed by atoms with van der Waals surface area (Å²) in [5.74, 6) is 0.397. The van der Waals surface area contributed by atoms with Crippen LogP contribution < -0.4 is 10.6 Å². The molecule has 4 nitrogen and oxygen atoms in total. The van der Waals surface area contributed by atoms with E-state index in [4.69, 9.17) is 5.73 Å². The van der Waals surface area contributed by atoms with E-state index in [1.54, 1.807) is 4.90 Å². The van der Waals surface area contributed by atoms with Crippen LogP contribution in [0.4, 0.5) is 5.69 Å². The van der Waals surface area contributed by atoms with Gasteiger partial charge < -0.3 is 15.7 Å². The summed E-state index contributed by atoms with van der Waals surface area (Å²) >= 11 is 0. The Morgan fingerprint density at radius 1 is 1.42 bits per heavy atom. The van der Waals surface area contributed by atoms with Gasteiger partial charge in [-0.1, -0.05) is 6.07 Å². The van der Waals surface area contributed by atoms with Crippen LogP contribution in [-0.2, 0) is 11.2 Å². The number of rotatable bonds is 2. The number of hydrogen-bond donors (Lipinski definition) is 2. The van der Waals surface area contributed by atoms with Crippen molar-refractivity contribution >= 4 is 11.6 Å². The van der Waals surface area contributed by atoms with Crippen molar-refractivity contribution in [3.05, 3.63) is 29.3 Å². The van der Waals surface area contributed by atoms with Crippen LogP contribution in [0.15, 0.2) is 18.2 Å². The van der Waals surface area contributed by atoms with Gasteiger partial charge in [-0.2, -0.15) is 0 Å². The van der Waals surface area contributed by atoms with Crippen molar-refractivity contribution in [1.29, 1.82) is 0 Å². The van der Waals surface area contributed by atoms with Gasteiger partial charge in [0.15, 0.2) is 0 Å². The fourth-order valence-electron chi connectivity index (χ4n) is 3.12. The average molecular weight is 260 g/mol. The number of anilines is 1. The second-order valence-electron chi connectivity index (χ2n) is 5.60. The summed E-state index contributed by atoms with van der Waals surface area (Å²) < 4.78 is 0. The van der Waals surface area contributed by atoms with Gasteiger partial charge in [-0.25, -0.2) is 0 Å². The molecular formula is C15H20N2O2. The van der Waals surface area contributed by atoms with E-state index in [1.165, 1.54) is 5.56 Å². The Hall–Kier alpha value is -1.39. The molecule has 3 rings (SSSR count). The van der Waals surface area contributed by atoms with Crippen LogP contribution in [-0.4, -0.2) is 24.1 Å². The number of benzene rings is 1. The lowest BCUT2D eigenvalue weighted by molar-refractivity contribution is -0.117. The number of aliphatic hydroxyl groups is 1. The maximum absolute atomic E-state index is 12.0. The summed E-state index contributed by atoms with van der Waals surface area (Å²) in [6.45, 7) is 1.25. The molecule has 1 aliphatic carbocycles. The van der Waals surface area contributed by atoms with E-state index >= 15 is 0 Å². The van der Waals surface area contributed by atoms with Crippen molar-refractivity contribution in [3.63, 3.8) is 0 Å². The lowest BCUT2D eigenvalue weighted by Crippen LogP contribution is -2.26. The van der Waals surface area contributed by atoms with Gasteiger partial charge in [0.2, 0.25) is 5.91 Å². The zero-order valence-electron chi connectivity index (χ0n) is 11.0. The normalized spacial score (nSPS) is 26.6. The number of fused-ring (bicyclic) bond motifs is 1. The van der Waals surface area contributed by atoms with E-state index in [0.29, 0.717) is 19.5 Å². The van der Waals surface area contributed by atoms with Gasteiger partial charge in [-0.3, -0.25) is 4.79 Å². The molecule has 19 heavy (non-hydrogen) atoms. The van der Waals surface area contributed by atoms with Crippen LogP contribution in [0.25, 0.3) is 0 Å². The lowest BCUT2D eigenvalue weighted by atomic mass is 9.89. The summed E-state index contributed by atoms with van der Waals surface area (Å²) in [7, 11) is 0. The summed E-state index contributed by atoms with van der Waals surface area (Å²) in [5, 5.41) is 10.1. The minimum Gasteiger partial charge on any atom is -0.388 e. The molecule has 2 aliphatic rings. The Labute approximate surface area is 113 Å². The average Bonchev–Trinajstić information content (AvgIpc) is 2.80. The molecule has 0 saturated carbocycles. The summed E-state index contributed by atoms with van der Waals surface area (Å²) in [6, 6.07) is 6.03. The topological polar surface area (TPSA) is 66.6 Å². The largest absolute Gasteiger partial charge is 0.388 e. The van der Waals surface area contributed by atoms with E-state index in [-0.39, 0.29) is 17.9 Å². The molecule has 102 valence electrons. The fraction of sp³-hybridized carbons (Fsp3) is 0.533. The first-order chi connectivity index (χ1) is 9.19. The van der Waals surface area contributed by atoms with Crippen molar-refractivity contribution < 1.29 is 9.90 Å². The first-order valence-electron chi connectivity index (χ1n) is 7.00. The number of amides is 1. The maximum atomic E-state index is 12.0. The highest BCUT2D eigenvalue weighted by atomic mass is 16.3. The molecule has 1 saturated heterocycles.